The van der Waals surface area contributed by atoms with Gasteiger partial charge < -0.3 is 5.73 Å². The van der Waals surface area contributed by atoms with Gasteiger partial charge in [-0.25, -0.2) is 0 Å². The quantitative estimate of drug-likeness (QED) is 0.888. The van der Waals surface area contributed by atoms with E-state index in [4.69, 9.17) is 5.73 Å². The molecule has 0 aromatic heterocycles. The number of likely N-dealkylation sites (N-methyl/N-ethyl adjacent to an activating group) is 1. The van der Waals surface area contributed by atoms with Crippen LogP contribution in [0.25, 0.3) is 0 Å². The van der Waals surface area contributed by atoms with Gasteiger partial charge >= 0.3 is 0 Å². The van der Waals surface area contributed by atoms with Crippen LogP contribution in [0.15, 0.2) is 12.1 Å². The highest BCUT2D eigenvalue weighted by molar-refractivity contribution is 5.38. The van der Waals surface area contributed by atoms with Gasteiger partial charge in [-0.1, -0.05) is 18.6 Å². The van der Waals surface area contributed by atoms with E-state index in [1.165, 1.54) is 41.5 Å². The maximum Gasteiger partial charge on any atom is 0.0247 e. The Morgan fingerprint density at radius 2 is 1.89 bits per heavy atom. The van der Waals surface area contributed by atoms with E-state index in [0.717, 1.165) is 6.54 Å². The molecule has 0 saturated heterocycles. The van der Waals surface area contributed by atoms with Crippen LogP contribution in [-0.2, 0) is 6.54 Å². The van der Waals surface area contributed by atoms with Crippen LogP contribution >= 0.6 is 0 Å². The van der Waals surface area contributed by atoms with E-state index in [9.17, 15) is 0 Å². The topological polar surface area (TPSA) is 29.3 Å². The third-order valence-electron chi connectivity index (χ3n) is 4.69. The van der Waals surface area contributed by atoms with Crippen LogP contribution in [-0.4, -0.2) is 24.0 Å². The zero-order chi connectivity index (χ0) is 13.3. The average Bonchev–Trinajstić information content (AvgIpc) is 2.76. The van der Waals surface area contributed by atoms with Gasteiger partial charge in [0.2, 0.25) is 0 Å². The fourth-order valence-electron chi connectivity index (χ4n) is 3.09. The highest BCUT2D eigenvalue weighted by Crippen LogP contribution is 2.25. The Morgan fingerprint density at radius 1 is 1.17 bits per heavy atom. The van der Waals surface area contributed by atoms with Gasteiger partial charge in [0.05, 0.1) is 0 Å². The molecule has 1 aliphatic carbocycles. The van der Waals surface area contributed by atoms with E-state index >= 15 is 0 Å². The van der Waals surface area contributed by atoms with Crippen molar-refractivity contribution in [1.29, 1.82) is 0 Å². The standard InChI is InChI=1S/C16H26N2/c1-11-8-9-14(13(3)12(11)2)10-18(4)16-7-5-6-15(16)17/h8-9,15-16H,5-7,10,17H2,1-4H3. The minimum Gasteiger partial charge on any atom is -0.326 e. The lowest BCUT2D eigenvalue weighted by molar-refractivity contribution is 0.220. The molecule has 0 heterocycles. The Kier molecular flexibility index (Phi) is 4.08. The van der Waals surface area contributed by atoms with Crippen molar-refractivity contribution in [1.82, 2.24) is 4.90 Å². The van der Waals surface area contributed by atoms with Gasteiger partial charge in [0.1, 0.15) is 0 Å². The molecule has 0 bridgehead atoms. The summed E-state index contributed by atoms with van der Waals surface area (Å²) in [5, 5.41) is 0. The normalized spacial score (nSPS) is 23.9. The first kappa shape index (κ1) is 13.6. The van der Waals surface area contributed by atoms with Crippen LogP contribution < -0.4 is 5.73 Å². The van der Waals surface area contributed by atoms with Crippen molar-refractivity contribution in [3.05, 3.63) is 34.4 Å². The van der Waals surface area contributed by atoms with Crippen LogP contribution in [0.4, 0.5) is 0 Å². The molecule has 1 fully saturated rings. The van der Waals surface area contributed by atoms with Crippen LogP contribution in [0.5, 0.6) is 0 Å². The van der Waals surface area contributed by atoms with E-state index in [1.54, 1.807) is 0 Å². The predicted octanol–water partition coefficient (Wildman–Crippen LogP) is 2.92. The molecule has 0 radical (unpaired) electrons. The van der Waals surface area contributed by atoms with E-state index in [1.807, 2.05) is 0 Å². The first-order valence-corrected chi connectivity index (χ1v) is 7.02. The van der Waals surface area contributed by atoms with Gasteiger partial charge in [-0.15, -0.1) is 0 Å². The SMILES string of the molecule is Cc1ccc(CN(C)C2CCCC2N)c(C)c1C. The molecule has 2 N–H and O–H groups in total. The summed E-state index contributed by atoms with van der Waals surface area (Å²) in [6.07, 6.45) is 3.71. The van der Waals surface area contributed by atoms with E-state index in [-0.39, 0.29) is 0 Å². The molecular formula is C16H26N2. The van der Waals surface area contributed by atoms with Crippen molar-refractivity contribution < 1.29 is 0 Å². The van der Waals surface area contributed by atoms with Gasteiger partial charge in [0.15, 0.2) is 0 Å². The van der Waals surface area contributed by atoms with Crippen LogP contribution in [0, 0.1) is 20.8 Å². The van der Waals surface area contributed by atoms with E-state index in [2.05, 4.69) is 44.9 Å². The molecule has 1 aromatic carbocycles. The molecular weight excluding hydrogens is 220 g/mol. The molecule has 2 rings (SSSR count). The Bertz CT molecular complexity index is 425. The number of nitrogens with zero attached hydrogens (tertiary/aromatic N) is 1. The second-order valence-corrected chi connectivity index (χ2v) is 5.87. The second-order valence-electron chi connectivity index (χ2n) is 5.87. The molecule has 1 saturated carbocycles. The number of benzene rings is 1. The molecule has 0 aliphatic heterocycles. The molecule has 1 aliphatic rings. The maximum absolute atomic E-state index is 6.18. The highest BCUT2D eigenvalue weighted by atomic mass is 15.1. The molecule has 2 heteroatoms. The van der Waals surface area contributed by atoms with Crippen LogP contribution in [0.3, 0.4) is 0 Å². The zero-order valence-corrected chi connectivity index (χ0v) is 12.2. The molecule has 2 nitrogen and oxygen atoms in total. The highest BCUT2D eigenvalue weighted by Gasteiger charge is 2.27. The van der Waals surface area contributed by atoms with Gasteiger partial charge in [-0.05, 0) is 62.9 Å². The van der Waals surface area contributed by atoms with Crippen molar-refractivity contribution in [3.8, 4) is 0 Å². The summed E-state index contributed by atoms with van der Waals surface area (Å²) < 4.78 is 0. The third-order valence-corrected chi connectivity index (χ3v) is 4.69. The summed E-state index contributed by atoms with van der Waals surface area (Å²) in [6.45, 7) is 7.66. The summed E-state index contributed by atoms with van der Waals surface area (Å²) in [7, 11) is 2.21. The van der Waals surface area contributed by atoms with Gasteiger partial charge in [-0.2, -0.15) is 0 Å². The van der Waals surface area contributed by atoms with E-state index in [0.29, 0.717) is 12.1 Å². The summed E-state index contributed by atoms with van der Waals surface area (Å²) in [6, 6.07) is 5.43. The fourth-order valence-corrected chi connectivity index (χ4v) is 3.09. The molecule has 2 atom stereocenters. The number of aryl methyl sites for hydroxylation is 1. The number of nitrogens with two attached hydrogens (primary N) is 1. The molecule has 100 valence electrons. The summed E-state index contributed by atoms with van der Waals surface area (Å²) in [5.41, 5.74) is 11.9. The smallest absolute Gasteiger partial charge is 0.0247 e. The third kappa shape index (κ3) is 2.60. The van der Waals surface area contributed by atoms with Crippen molar-refractivity contribution in [2.75, 3.05) is 7.05 Å². The fraction of sp³-hybridized carbons (Fsp3) is 0.625. The van der Waals surface area contributed by atoms with Crippen molar-refractivity contribution >= 4 is 0 Å². The maximum atomic E-state index is 6.18. The summed E-state index contributed by atoms with van der Waals surface area (Å²) in [5.74, 6) is 0. The van der Waals surface area contributed by atoms with Crippen molar-refractivity contribution in [2.45, 2.75) is 58.7 Å². The minimum atomic E-state index is 0.363. The number of rotatable bonds is 3. The zero-order valence-electron chi connectivity index (χ0n) is 12.2. The molecule has 18 heavy (non-hydrogen) atoms. The lowest BCUT2D eigenvalue weighted by Crippen LogP contribution is -2.41. The Morgan fingerprint density at radius 3 is 2.50 bits per heavy atom. The predicted molar refractivity (Wildman–Crippen MR) is 77.7 cm³/mol. The average molecular weight is 246 g/mol. The van der Waals surface area contributed by atoms with Crippen molar-refractivity contribution in [2.24, 2.45) is 5.73 Å². The molecule has 0 spiro atoms. The lowest BCUT2D eigenvalue weighted by Gasteiger charge is -2.28. The van der Waals surface area contributed by atoms with Crippen molar-refractivity contribution in [3.63, 3.8) is 0 Å². The van der Waals surface area contributed by atoms with Gasteiger partial charge in [0, 0.05) is 18.6 Å². The monoisotopic (exact) mass is 246 g/mol. The molecule has 1 aromatic rings. The Balaban J connectivity index is 2.12. The number of hydrogen-bond acceptors (Lipinski definition) is 2. The van der Waals surface area contributed by atoms with Gasteiger partial charge in [-0.3, -0.25) is 4.90 Å². The first-order chi connectivity index (χ1) is 8.50. The summed E-state index contributed by atoms with van der Waals surface area (Å²) >= 11 is 0. The lowest BCUT2D eigenvalue weighted by atomic mass is 9.98. The molecule has 0 amide bonds. The largest absolute Gasteiger partial charge is 0.326 e. The van der Waals surface area contributed by atoms with Gasteiger partial charge in [0.25, 0.3) is 0 Å². The molecule has 2 unspecified atom stereocenters. The Labute approximate surface area is 111 Å². The van der Waals surface area contributed by atoms with Crippen LogP contribution in [0.2, 0.25) is 0 Å². The first-order valence-electron chi connectivity index (χ1n) is 7.02. The second kappa shape index (κ2) is 5.41. The van der Waals surface area contributed by atoms with E-state index < -0.39 is 0 Å². The van der Waals surface area contributed by atoms with Crippen LogP contribution in [0.1, 0.15) is 41.5 Å². The Hall–Kier alpha value is -0.860. The number of hydrogen-bond donors (Lipinski definition) is 1. The minimum absolute atomic E-state index is 0.363. The summed E-state index contributed by atoms with van der Waals surface area (Å²) in [4.78, 5) is 2.44.